The number of esters is 2. The summed E-state index contributed by atoms with van der Waals surface area (Å²) in [6.07, 6.45) is -0.0517. The molecule has 1 N–H and O–H groups in total. The Hall–Kier alpha value is -3.68. The van der Waals surface area contributed by atoms with Gasteiger partial charge in [0.15, 0.2) is 23.4 Å². The second-order valence-corrected chi connectivity index (χ2v) is 7.00. The van der Waals surface area contributed by atoms with Gasteiger partial charge in [0.2, 0.25) is 0 Å². The first-order valence-electron chi connectivity index (χ1n) is 9.42. The van der Waals surface area contributed by atoms with Crippen molar-refractivity contribution in [1.29, 1.82) is 0 Å². The highest BCUT2D eigenvalue weighted by molar-refractivity contribution is 6.28. The fourth-order valence-electron chi connectivity index (χ4n) is 3.89. The van der Waals surface area contributed by atoms with E-state index in [9.17, 15) is 24.3 Å². The maximum Gasteiger partial charge on any atom is 0.347 e. The average Bonchev–Trinajstić information content (AvgIpc) is 2.73. The molecular weight excluding hydrogens is 392 g/mol. The quantitative estimate of drug-likeness (QED) is 0.606. The van der Waals surface area contributed by atoms with Crippen LogP contribution in [-0.4, -0.2) is 41.3 Å². The molecule has 0 spiro atoms. The Bertz CT molecular complexity index is 1140. The number of phenols is 1. The molecule has 2 unspecified atom stereocenters. The number of carbonyl (C=O) groups excluding carboxylic acids is 4. The Morgan fingerprint density at radius 1 is 1.17 bits per heavy atom. The summed E-state index contributed by atoms with van der Waals surface area (Å²) >= 11 is 0. The highest BCUT2D eigenvalue weighted by Gasteiger charge is 2.46. The van der Waals surface area contributed by atoms with Gasteiger partial charge in [-0.1, -0.05) is 24.3 Å². The van der Waals surface area contributed by atoms with E-state index in [1.165, 1.54) is 6.92 Å². The zero-order chi connectivity index (χ0) is 21.6. The van der Waals surface area contributed by atoms with Gasteiger partial charge in [-0.25, -0.2) is 4.79 Å². The molecule has 1 heterocycles. The fourth-order valence-corrected chi connectivity index (χ4v) is 3.89. The van der Waals surface area contributed by atoms with E-state index in [0.717, 1.165) is 6.26 Å². The monoisotopic (exact) mass is 410 g/mol. The number of phenolic OH excluding ortho intramolecular Hbond substituents is 1. The van der Waals surface area contributed by atoms with Crippen molar-refractivity contribution in [3.8, 4) is 11.5 Å². The Morgan fingerprint density at radius 2 is 1.87 bits per heavy atom. The van der Waals surface area contributed by atoms with Crippen molar-refractivity contribution < 1.29 is 38.5 Å². The fraction of sp³-hybridized carbons (Fsp3) is 0.273. The van der Waals surface area contributed by atoms with E-state index >= 15 is 0 Å². The number of ketones is 2. The maximum absolute atomic E-state index is 13.4. The van der Waals surface area contributed by atoms with Crippen LogP contribution in [0.25, 0.3) is 10.8 Å². The predicted octanol–water partition coefficient (Wildman–Crippen LogP) is 2.70. The van der Waals surface area contributed by atoms with Crippen LogP contribution in [0.2, 0.25) is 0 Å². The van der Waals surface area contributed by atoms with Gasteiger partial charge in [-0.3, -0.25) is 14.4 Å². The number of hydrogen-bond donors (Lipinski definition) is 1. The number of allylic oxidation sites excluding steroid dienone is 1. The van der Waals surface area contributed by atoms with Crippen LogP contribution in [0, 0.1) is 5.92 Å². The molecule has 2 aliphatic rings. The Balaban J connectivity index is 1.93. The largest absolute Gasteiger partial charge is 0.506 e. The SMILES string of the molecule is CCOC(=O)C1CC2C(=O)c3c(c(O)c4ccccc4c3OC(C)=O)C(=O)C2=CO1. The molecule has 0 bridgehead atoms. The third kappa shape index (κ3) is 2.92. The van der Waals surface area contributed by atoms with E-state index in [4.69, 9.17) is 14.2 Å². The van der Waals surface area contributed by atoms with Crippen LogP contribution >= 0.6 is 0 Å². The number of Topliss-reactive ketones (excluding diaryl/α,β-unsaturated/α-hetero) is 2. The van der Waals surface area contributed by atoms with E-state index in [-0.39, 0.29) is 46.6 Å². The van der Waals surface area contributed by atoms with Gasteiger partial charge >= 0.3 is 11.9 Å². The average molecular weight is 410 g/mol. The minimum Gasteiger partial charge on any atom is -0.506 e. The van der Waals surface area contributed by atoms with Crippen molar-refractivity contribution in [2.24, 2.45) is 5.92 Å². The molecule has 8 nitrogen and oxygen atoms in total. The summed E-state index contributed by atoms with van der Waals surface area (Å²) in [7, 11) is 0. The van der Waals surface area contributed by atoms with Gasteiger partial charge in [-0.15, -0.1) is 0 Å². The lowest BCUT2D eigenvalue weighted by Crippen LogP contribution is -2.39. The minimum absolute atomic E-state index is 0.0346. The summed E-state index contributed by atoms with van der Waals surface area (Å²) in [5, 5.41) is 11.4. The zero-order valence-electron chi connectivity index (χ0n) is 16.3. The Labute approximate surface area is 171 Å². The van der Waals surface area contributed by atoms with E-state index < -0.39 is 35.5 Å². The maximum atomic E-state index is 13.4. The highest BCUT2D eigenvalue weighted by atomic mass is 16.6. The lowest BCUT2D eigenvalue weighted by molar-refractivity contribution is -0.154. The third-order valence-electron chi connectivity index (χ3n) is 5.17. The second-order valence-electron chi connectivity index (χ2n) is 7.00. The molecular formula is C22H18O8. The molecule has 4 rings (SSSR count). The lowest BCUT2D eigenvalue weighted by Gasteiger charge is -2.32. The number of rotatable bonds is 3. The van der Waals surface area contributed by atoms with E-state index in [1.807, 2.05) is 0 Å². The number of carbonyl (C=O) groups is 4. The van der Waals surface area contributed by atoms with Gasteiger partial charge in [0.25, 0.3) is 0 Å². The van der Waals surface area contributed by atoms with Gasteiger partial charge in [0, 0.05) is 29.7 Å². The first-order chi connectivity index (χ1) is 14.3. The molecule has 0 fully saturated rings. The minimum atomic E-state index is -1.04. The van der Waals surface area contributed by atoms with Gasteiger partial charge in [-0.2, -0.15) is 0 Å². The van der Waals surface area contributed by atoms with Gasteiger partial charge < -0.3 is 19.3 Å². The van der Waals surface area contributed by atoms with Crippen LogP contribution in [0.15, 0.2) is 36.1 Å². The number of benzene rings is 2. The molecule has 0 radical (unpaired) electrons. The molecule has 0 aromatic heterocycles. The van der Waals surface area contributed by atoms with Gasteiger partial charge in [0.1, 0.15) is 5.75 Å². The van der Waals surface area contributed by atoms with Crippen LogP contribution in [0.4, 0.5) is 0 Å². The first-order valence-corrected chi connectivity index (χ1v) is 9.42. The van der Waals surface area contributed by atoms with Crippen LogP contribution in [-0.2, 0) is 19.1 Å². The molecule has 1 aliphatic heterocycles. The van der Waals surface area contributed by atoms with Crippen LogP contribution in [0.5, 0.6) is 11.5 Å². The molecule has 1 aliphatic carbocycles. The highest BCUT2D eigenvalue weighted by Crippen LogP contribution is 2.47. The summed E-state index contributed by atoms with van der Waals surface area (Å²) < 4.78 is 15.6. The standard InChI is InChI=1S/C22H18O8/c1-3-28-22(27)15-8-13-14(9-29-15)20(26)16-17(19(13)25)21(30-10(2)23)12-7-5-4-6-11(12)18(16)24/h4-7,9,13,15,24H,3,8H2,1-2H3. The van der Waals surface area contributed by atoms with Crippen molar-refractivity contribution in [2.75, 3.05) is 6.61 Å². The normalized spacial score (nSPS) is 20.0. The van der Waals surface area contributed by atoms with E-state index in [1.54, 1.807) is 31.2 Å². The molecule has 0 saturated carbocycles. The Morgan fingerprint density at radius 3 is 2.53 bits per heavy atom. The molecule has 2 atom stereocenters. The second kappa shape index (κ2) is 7.29. The van der Waals surface area contributed by atoms with Crippen molar-refractivity contribution >= 4 is 34.3 Å². The number of fused-ring (bicyclic) bond motifs is 3. The smallest absolute Gasteiger partial charge is 0.347 e. The van der Waals surface area contributed by atoms with Crippen LogP contribution < -0.4 is 4.74 Å². The summed E-state index contributed by atoms with van der Waals surface area (Å²) in [4.78, 5) is 50.4. The van der Waals surface area contributed by atoms with Crippen molar-refractivity contribution in [3.63, 3.8) is 0 Å². The van der Waals surface area contributed by atoms with Crippen molar-refractivity contribution in [1.82, 2.24) is 0 Å². The molecule has 0 saturated heterocycles. The molecule has 0 amide bonds. The zero-order valence-corrected chi connectivity index (χ0v) is 16.3. The summed E-state index contributed by atoms with van der Waals surface area (Å²) in [5.41, 5.74) is -0.374. The van der Waals surface area contributed by atoms with Gasteiger partial charge in [-0.05, 0) is 6.92 Å². The van der Waals surface area contributed by atoms with E-state index in [0.29, 0.717) is 5.39 Å². The number of ether oxygens (including phenoxy) is 3. The molecule has 2 aromatic rings. The third-order valence-corrected chi connectivity index (χ3v) is 5.17. The van der Waals surface area contributed by atoms with Crippen LogP contribution in [0.1, 0.15) is 41.0 Å². The first kappa shape index (κ1) is 19.6. The number of aromatic hydroxyl groups is 1. The topological polar surface area (TPSA) is 116 Å². The van der Waals surface area contributed by atoms with Gasteiger partial charge in [0.05, 0.1) is 29.9 Å². The van der Waals surface area contributed by atoms with Crippen molar-refractivity contribution in [3.05, 3.63) is 47.2 Å². The number of hydrogen-bond acceptors (Lipinski definition) is 8. The van der Waals surface area contributed by atoms with E-state index in [2.05, 4.69) is 0 Å². The molecule has 154 valence electrons. The molecule has 2 aromatic carbocycles. The Kier molecular flexibility index (Phi) is 4.77. The summed E-state index contributed by atoms with van der Waals surface area (Å²) in [6, 6.07) is 6.45. The van der Waals surface area contributed by atoms with Crippen molar-refractivity contribution in [2.45, 2.75) is 26.4 Å². The predicted molar refractivity (Wildman–Crippen MR) is 103 cm³/mol. The summed E-state index contributed by atoms with van der Waals surface area (Å²) in [5.74, 6) is -3.90. The lowest BCUT2D eigenvalue weighted by atomic mass is 9.73. The van der Waals surface area contributed by atoms with Crippen LogP contribution in [0.3, 0.4) is 0 Å². The molecule has 8 heteroatoms. The summed E-state index contributed by atoms with van der Waals surface area (Å²) in [6.45, 7) is 2.97. The molecule has 30 heavy (non-hydrogen) atoms.